The standard InChI is InChI=1S/C10H21NO3S/c1-2-15(14)9-8-11-7-5-3-4-6-10(12)13/h11H,2-9H2,1H3,(H,12,13). The van der Waals surface area contributed by atoms with Crippen molar-refractivity contribution in [2.24, 2.45) is 0 Å². The minimum atomic E-state index is -0.721. The van der Waals surface area contributed by atoms with Gasteiger partial charge in [-0.15, -0.1) is 0 Å². The number of unbranched alkanes of at least 4 members (excludes halogenated alkanes) is 2. The van der Waals surface area contributed by atoms with Gasteiger partial charge >= 0.3 is 5.97 Å². The second-order valence-corrected chi connectivity index (χ2v) is 5.25. The second-order valence-electron chi connectivity index (χ2n) is 3.39. The maximum atomic E-state index is 11.0. The third-order valence-corrected chi connectivity index (χ3v) is 3.38. The van der Waals surface area contributed by atoms with Gasteiger partial charge in [0.05, 0.1) is 0 Å². The molecule has 0 amide bonds. The Hall–Kier alpha value is -0.420. The molecule has 0 aromatic carbocycles. The van der Waals surface area contributed by atoms with Crippen molar-refractivity contribution in [3.05, 3.63) is 0 Å². The lowest BCUT2D eigenvalue weighted by Crippen LogP contribution is -2.22. The van der Waals surface area contributed by atoms with Crippen molar-refractivity contribution in [1.29, 1.82) is 0 Å². The van der Waals surface area contributed by atoms with Crippen molar-refractivity contribution in [1.82, 2.24) is 5.32 Å². The first-order chi connectivity index (χ1) is 7.16. The monoisotopic (exact) mass is 235 g/mol. The average molecular weight is 235 g/mol. The van der Waals surface area contributed by atoms with Crippen molar-refractivity contribution >= 4 is 16.8 Å². The molecule has 90 valence electrons. The van der Waals surface area contributed by atoms with E-state index < -0.39 is 16.8 Å². The van der Waals surface area contributed by atoms with Gasteiger partial charge in [-0.25, -0.2) is 0 Å². The molecule has 0 heterocycles. The summed E-state index contributed by atoms with van der Waals surface area (Å²) in [6, 6.07) is 0. The first kappa shape index (κ1) is 14.6. The highest BCUT2D eigenvalue weighted by Crippen LogP contribution is 1.98. The zero-order valence-electron chi connectivity index (χ0n) is 9.33. The maximum Gasteiger partial charge on any atom is 0.303 e. The minimum Gasteiger partial charge on any atom is -0.481 e. The molecule has 0 aliphatic rings. The van der Waals surface area contributed by atoms with E-state index in [1.54, 1.807) is 0 Å². The Labute approximate surface area is 93.9 Å². The van der Waals surface area contributed by atoms with Gasteiger partial charge in [0.1, 0.15) is 0 Å². The quantitative estimate of drug-likeness (QED) is 0.554. The lowest BCUT2D eigenvalue weighted by atomic mass is 10.2. The Kier molecular flexibility index (Phi) is 9.83. The average Bonchev–Trinajstić information content (AvgIpc) is 2.21. The van der Waals surface area contributed by atoms with Crippen molar-refractivity contribution in [3.8, 4) is 0 Å². The topological polar surface area (TPSA) is 66.4 Å². The summed E-state index contributed by atoms with van der Waals surface area (Å²) in [5, 5.41) is 11.6. The molecule has 1 unspecified atom stereocenters. The first-order valence-corrected chi connectivity index (χ1v) is 6.93. The van der Waals surface area contributed by atoms with Gasteiger partial charge in [0.15, 0.2) is 0 Å². The van der Waals surface area contributed by atoms with Gasteiger partial charge in [0.2, 0.25) is 0 Å². The zero-order chi connectivity index (χ0) is 11.5. The summed E-state index contributed by atoms with van der Waals surface area (Å²) in [7, 11) is -0.682. The van der Waals surface area contributed by atoms with Crippen LogP contribution in [0.5, 0.6) is 0 Å². The molecule has 4 nitrogen and oxygen atoms in total. The number of hydrogen-bond acceptors (Lipinski definition) is 3. The predicted octanol–water partition coefficient (Wildman–Crippen LogP) is 0.990. The Bertz CT molecular complexity index is 197. The number of hydrogen-bond donors (Lipinski definition) is 2. The zero-order valence-corrected chi connectivity index (χ0v) is 10.1. The van der Waals surface area contributed by atoms with E-state index >= 15 is 0 Å². The number of carboxylic acids is 1. The normalized spacial score (nSPS) is 12.6. The third kappa shape index (κ3) is 11.5. The van der Waals surface area contributed by atoms with Crippen LogP contribution in [-0.4, -0.2) is 39.9 Å². The van der Waals surface area contributed by atoms with Crippen LogP contribution < -0.4 is 5.32 Å². The van der Waals surface area contributed by atoms with Crippen molar-refractivity contribution in [3.63, 3.8) is 0 Å². The Balaban J connectivity index is 3.05. The molecule has 0 aliphatic heterocycles. The van der Waals surface area contributed by atoms with Gasteiger partial charge < -0.3 is 10.4 Å². The fourth-order valence-electron chi connectivity index (χ4n) is 1.16. The van der Waals surface area contributed by atoms with E-state index in [1.165, 1.54) is 0 Å². The molecule has 0 saturated carbocycles. The highest BCUT2D eigenvalue weighted by Gasteiger charge is 1.97. The SMILES string of the molecule is CCS(=O)CCNCCCCCC(=O)O. The molecule has 1 atom stereocenters. The molecular formula is C10H21NO3S. The number of carbonyl (C=O) groups is 1. The Morgan fingerprint density at radius 3 is 2.60 bits per heavy atom. The van der Waals surface area contributed by atoms with Crippen LogP contribution in [0, 0.1) is 0 Å². The van der Waals surface area contributed by atoms with Crippen LogP contribution in [0.4, 0.5) is 0 Å². The summed E-state index contributed by atoms with van der Waals surface area (Å²) < 4.78 is 11.0. The van der Waals surface area contributed by atoms with Crippen LogP contribution in [0.3, 0.4) is 0 Å². The molecule has 2 N–H and O–H groups in total. The molecule has 0 aromatic rings. The molecule has 15 heavy (non-hydrogen) atoms. The van der Waals surface area contributed by atoms with Crippen LogP contribution in [-0.2, 0) is 15.6 Å². The van der Waals surface area contributed by atoms with Crippen molar-refractivity contribution in [2.75, 3.05) is 24.6 Å². The Morgan fingerprint density at radius 2 is 2.00 bits per heavy atom. The maximum absolute atomic E-state index is 11.0. The van der Waals surface area contributed by atoms with Crippen LogP contribution in [0.1, 0.15) is 32.6 Å². The molecule has 5 heteroatoms. The smallest absolute Gasteiger partial charge is 0.303 e. The van der Waals surface area contributed by atoms with E-state index in [4.69, 9.17) is 5.11 Å². The Morgan fingerprint density at radius 1 is 1.27 bits per heavy atom. The highest BCUT2D eigenvalue weighted by atomic mass is 32.2. The molecule has 0 aromatic heterocycles. The fourth-order valence-corrected chi connectivity index (χ4v) is 1.82. The van der Waals surface area contributed by atoms with E-state index in [2.05, 4.69) is 5.32 Å². The van der Waals surface area contributed by atoms with Gasteiger partial charge in [-0.1, -0.05) is 13.3 Å². The van der Waals surface area contributed by atoms with Gasteiger partial charge in [0, 0.05) is 35.3 Å². The van der Waals surface area contributed by atoms with Crippen molar-refractivity contribution < 1.29 is 14.1 Å². The summed E-state index contributed by atoms with van der Waals surface area (Å²) in [5.74, 6) is 0.715. The summed E-state index contributed by atoms with van der Waals surface area (Å²) in [6.45, 7) is 3.60. The first-order valence-electron chi connectivity index (χ1n) is 5.44. The molecule has 0 bridgehead atoms. The lowest BCUT2D eigenvalue weighted by molar-refractivity contribution is -0.137. The van der Waals surface area contributed by atoms with E-state index in [1.807, 2.05) is 6.92 Å². The minimum absolute atomic E-state index is 0.264. The van der Waals surface area contributed by atoms with Gasteiger partial charge in [-0.05, 0) is 19.4 Å². The predicted molar refractivity (Wildman–Crippen MR) is 62.5 cm³/mol. The summed E-state index contributed by atoms with van der Waals surface area (Å²) >= 11 is 0. The van der Waals surface area contributed by atoms with E-state index in [0.29, 0.717) is 5.75 Å². The van der Waals surface area contributed by atoms with Gasteiger partial charge in [-0.2, -0.15) is 0 Å². The third-order valence-electron chi connectivity index (χ3n) is 2.07. The van der Waals surface area contributed by atoms with E-state index in [-0.39, 0.29) is 6.42 Å². The molecule has 0 fully saturated rings. The highest BCUT2D eigenvalue weighted by molar-refractivity contribution is 7.84. The van der Waals surface area contributed by atoms with Gasteiger partial charge in [-0.3, -0.25) is 9.00 Å². The van der Waals surface area contributed by atoms with E-state index in [0.717, 1.165) is 38.1 Å². The van der Waals surface area contributed by atoms with Crippen molar-refractivity contribution in [2.45, 2.75) is 32.6 Å². The number of nitrogens with one attached hydrogen (secondary N) is 1. The lowest BCUT2D eigenvalue weighted by Gasteiger charge is -2.03. The number of carboxylic acid groups (broad SMARTS) is 1. The van der Waals surface area contributed by atoms with Crippen LogP contribution in [0.2, 0.25) is 0 Å². The van der Waals surface area contributed by atoms with Gasteiger partial charge in [0.25, 0.3) is 0 Å². The summed E-state index contributed by atoms with van der Waals surface area (Å²) in [5.41, 5.74) is 0. The molecular weight excluding hydrogens is 214 g/mol. The number of rotatable bonds is 10. The summed E-state index contributed by atoms with van der Waals surface area (Å²) in [6.07, 6.45) is 2.94. The van der Waals surface area contributed by atoms with Crippen LogP contribution >= 0.6 is 0 Å². The summed E-state index contributed by atoms with van der Waals surface area (Å²) in [4.78, 5) is 10.2. The molecule has 0 spiro atoms. The molecule has 0 saturated heterocycles. The fraction of sp³-hybridized carbons (Fsp3) is 0.900. The van der Waals surface area contributed by atoms with Crippen LogP contribution in [0.25, 0.3) is 0 Å². The largest absolute Gasteiger partial charge is 0.481 e. The number of aliphatic carboxylic acids is 1. The molecule has 0 rings (SSSR count). The van der Waals surface area contributed by atoms with Crippen LogP contribution in [0.15, 0.2) is 0 Å². The molecule has 0 aliphatic carbocycles. The second kappa shape index (κ2) is 10.1. The molecule has 0 radical (unpaired) electrons. The van der Waals surface area contributed by atoms with E-state index in [9.17, 15) is 9.00 Å².